The highest BCUT2D eigenvalue weighted by molar-refractivity contribution is 5.57. The molecule has 0 aliphatic carbocycles. The number of hydrogen-bond acceptors (Lipinski definition) is 5. The Morgan fingerprint density at radius 2 is 2.20 bits per heavy atom. The molecule has 0 atom stereocenters. The van der Waals surface area contributed by atoms with Crippen molar-refractivity contribution >= 4 is 5.69 Å². The first-order valence-corrected chi connectivity index (χ1v) is 6.46. The van der Waals surface area contributed by atoms with Crippen LogP contribution < -0.4 is 15.1 Å². The van der Waals surface area contributed by atoms with Crippen LogP contribution in [-0.2, 0) is 13.0 Å². The SMILES string of the molecule is O=c1cc(CO)occ1OCN1CCc2ccccc21. The van der Waals surface area contributed by atoms with Gasteiger partial charge in [-0.2, -0.15) is 0 Å². The molecular formula is C15H15NO4. The lowest BCUT2D eigenvalue weighted by Gasteiger charge is -2.19. The highest BCUT2D eigenvalue weighted by atomic mass is 16.5. The van der Waals surface area contributed by atoms with E-state index >= 15 is 0 Å². The van der Waals surface area contributed by atoms with E-state index in [-0.39, 0.29) is 23.5 Å². The van der Waals surface area contributed by atoms with E-state index in [1.54, 1.807) is 0 Å². The number of ether oxygens (including phenoxy) is 1. The Hall–Kier alpha value is -2.27. The van der Waals surface area contributed by atoms with Crippen LogP contribution in [0.3, 0.4) is 0 Å². The van der Waals surface area contributed by atoms with Gasteiger partial charge in [0.15, 0.2) is 6.73 Å². The highest BCUT2D eigenvalue weighted by Crippen LogP contribution is 2.27. The van der Waals surface area contributed by atoms with Crippen LogP contribution in [-0.4, -0.2) is 18.4 Å². The predicted molar refractivity (Wildman–Crippen MR) is 73.9 cm³/mol. The summed E-state index contributed by atoms with van der Waals surface area (Å²) in [5.74, 6) is 0.389. The third-order valence-corrected chi connectivity index (χ3v) is 3.37. The third-order valence-electron chi connectivity index (χ3n) is 3.37. The molecule has 1 aliphatic rings. The first-order valence-electron chi connectivity index (χ1n) is 6.46. The Morgan fingerprint density at radius 3 is 3.00 bits per heavy atom. The van der Waals surface area contributed by atoms with Crippen LogP contribution in [0, 0.1) is 0 Å². The number of anilines is 1. The number of hydrogen-bond donors (Lipinski definition) is 1. The van der Waals surface area contributed by atoms with E-state index in [1.165, 1.54) is 17.9 Å². The molecule has 0 fully saturated rings. The van der Waals surface area contributed by atoms with Gasteiger partial charge in [-0.25, -0.2) is 0 Å². The molecule has 1 aliphatic heterocycles. The maximum atomic E-state index is 11.7. The number of fused-ring (bicyclic) bond motifs is 1. The number of aliphatic hydroxyl groups excluding tert-OH is 1. The van der Waals surface area contributed by atoms with Crippen molar-refractivity contribution in [1.82, 2.24) is 0 Å². The van der Waals surface area contributed by atoms with Crippen molar-refractivity contribution < 1.29 is 14.3 Å². The molecule has 0 unspecified atom stereocenters. The summed E-state index contributed by atoms with van der Waals surface area (Å²) in [5, 5.41) is 8.88. The van der Waals surface area contributed by atoms with E-state index in [9.17, 15) is 4.79 Å². The maximum absolute atomic E-state index is 11.7. The van der Waals surface area contributed by atoms with Gasteiger partial charge >= 0.3 is 0 Å². The minimum Gasteiger partial charge on any atom is -0.466 e. The second-order valence-corrected chi connectivity index (χ2v) is 4.65. The van der Waals surface area contributed by atoms with E-state index in [1.807, 2.05) is 18.2 Å². The van der Waals surface area contributed by atoms with Crippen LogP contribution >= 0.6 is 0 Å². The molecule has 0 saturated heterocycles. The average Bonchev–Trinajstić information content (AvgIpc) is 2.89. The van der Waals surface area contributed by atoms with Crippen LogP contribution in [0.5, 0.6) is 5.75 Å². The Balaban J connectivity index is 1.71. The number of para-hydroxylation sites is 1. The molecule has 0 amide bonds. The fourth-order valence-electron chi connectivity index (χ4n) is 2.31. The van der Waals surface area contributed by atoms with Crippen molar-refractivity contribution in [2.24, 2.45) is 0 Å². The molecule has 1 N–H and O–H groups in total. The summed E-state index contributed by atoms with van der Waals surface area (Å²) < 4.78 is 10.6. The lowest BCUT2D eigenvalue weighted by molar-refractivity contribution is 0.237. The molecule has 104 valence electrons. The molecule has 5 heteroatoms. The molecule has 5 nitrogen and oxygen atoms in total. The minimum atomic E-state index is -0.297. The molecule has 0 bridgehead atoms. The first kappa shape index (κ1) is 12.7. The van der Waals surface area contributed by atoms with Crippen LogP contribution in [0.2, 0.25) is 0 Å². The fraction of sp³-hybridized carbons (Fsp3) is 0.267. The molecule has 3 rings (SSSR count). The lowest BCUT2D eigenvalue weighted by Crippen LogP contribution is -2.27. The van der Waals surface area contributed by atoms with E-state index in [0.717, 1.165) is 18.7 Å². The third kappa shape index (κ3) is 2.40. The van der Waals surface area contributed by atoms with Gasteiger partial charge in [-0.3, -0.25) is 4.79 Å². The molecule has 0 radical (unpaired) electrons. The molecular weight excluding hydrogens is 258 g/mol. The van der Waals surface area contributed by atoms with Crippen LogP contribution in [0.4, 0.5) is 5.69 Å². The van der Waals surface area contributed by atoms with Gasteiger partial charge < -0.3 is 19.2 Å². The quantitative estimate of drug-likeness (QED) is 0.915. The second kappa shape index (κ2) is 5.38. The van der Waals surface area contributed by atoms with Crippen molar-refractivity contribution in [1.29, 1.82) is 0 Å². The summed E-state index contributed by atoms with van der Waals surface area (Å²) in [7, 11) is 0. The van der Waals surface area contributed by atoms with Gasteiger partial charge in [-0.05, 0) is 18.1 Å². The van der Waals surface area contributed by atoms with Crippen molar-refractivity contribution in [3.05, 3.63) is 58.1 Å². The Kier molecular flexibility index (Phi) is 3.43. The molecule has 20 heavy (non-hydrogen) atoms. The highest BCUT2D eigenvalue weighted by Gasteiger charge is 2.18. The van der Waals surface area contributed by atoms with Crippen molar-refractivity contribution in [2.45, 2.75) is 13.0 Å². The van der Waals surface area contributed by atoms with Crippen LogP contribution in [0.1, 0.15) is 11.3 Å². The molecule has 2 heterocycles. The first-order chi connectivity index (χ1) is 9.78. The van der Waals surface area contributed by atoms with Gasteiger partial charge in [0, 0.05) is 18.3 Å². The number of benzene rings is 1. The maximum Gasteiger partial charge on any atom is 0.227 e. The van der Waals surface area contributed by atoms with Gasteiger partial charge in [0.1, 0.15) is 18.6 Å². The van der Waals surface area contributed by atoms with Gasteiger partial charge in [0.05, 0.1) is 0 Å². The predicted octanol–water partition coefficient (Wildman–Crippen LogP) is 1.53. The zero-order chi connectivity index (χ0) is 13.9. The zero-order valence-electron chi connectivity index (χ0n) is 10.9. The summed E-state index contributed by atoms with van der Waals surface area (Å²) in [6.07, 6.45) is 2.23. The van der Waals surface area contributed by atoms with Gasteiger partial charge in [-0.1, -0.05) is 18.2 Å². The van der Waals surface area contributed by atoms with Crippen LogP contribution in [0.25, 0.3) is 0 Å². The standard InChI is InChI=1S/C15H15NO4/c17-8-12-7-14(18)15(9-19-12)20-10-16-6-5-11-3-1-2-4-13(11)16/h1-4,7,9,17H,5-6,8,10H2. The van der Waals surface area contributed by atoms with E-state index in [4.69, 9.17) is 14.3 Å². The summed E-state index contributed by atoms with van der Waals surface area (Å²) in [5.41, 5.74) is 2.15. The van der Waals surface area contributed by atoms with E-state index in [0.29, 0.717) is 6.73 Å². The molecule has 0 saturated carbocycles. The van der Waals surface area contributed by atoms with Crippen LogP contribution in [0.15, 0.2) is 45.8 Å². The Morgan fingerprint density at radius 1 is 1.35 bits per heavy atom. The normalized spacial score (nSPS) is 13.3. The molecule has 2 aromatic rings. The van der Waals surface area contributed by atoms with Gasteiger partial charge in [-0.15, -0.1) is 0 Å². The summed E-state index contributed by atoms with van der Waals surface area (Å²) in [6, 6.07) is 9.39. The van der Waals surface area contributed by atoms with Crippen molar-refractivity contribution in [2.75, 3.05) is 18.2 Å². The molecule has 1 aromatic heterocycles. The monoisotopic (exact) mass is 273 g/mol. The molecule has 1 aromatic carbocycles. The fourth-order valence-corrected chi connectivity index (χ4v) is 2.31. The number of aliphatic hydroxyl groups is 1. The van der Waals surface area contributed by atoms with E-state index < -0.39 is 0 Å². The summed E-state index contributed by atoms with van der Waals surface area (Å²) in [6.45, 7) is 0.884. The minimum absolute atomic E-state index is 0.159. The number of nitrogens with zero attached hydrogens (tertiary/aromatic N) is 1. The second-order valence-electron chi connectivity index (χ2n) is 4.65. The van der Waals surface area contributed by atoms with Crippen molar-refractivity contribution in [3.8, 4) is 5.75 Å². The Bertz CT molecular complexity index is 665. The van der Waals surface area contributed by atoms with Gasteiger partial charge in [0.2, 0.25) is 11.2 Å². The van der Waals surface area contributed by atoms with Crippen molar-refractivity contribution in [3.63, 3.8) is 0 Å². The van der Waals surface area contributed by atoms with Gasteiger partial charge in [0.25, 0.3) is 0 Å². The topological polar surface area (TPSA) is 62.9 Å². The Labute approximate surface area is 116 Å². The average molecular weight is 273 g/mol. The molecule has 0 spiro atoms. The summed E-state index contributed by atoms with van der Waals surface area (Å²) >= 11 is 0. The smallest absolute Gasteiger partial charge is 0.227 e. The largest absolute Gasteiger partial charge is 0.466 e. The lowest BCUT2D eigenvalue weighted by atomic mass is 10.2. The number of rotatable bonds is 4. The summed E-state index contributed by atoms with van der Waals surface area (Å²) in [4.78, 5) is 13.8. The zero-order valence-corrected chi connectivity index (χ0v) is 10.9. The van der Waals surface area contributed by atoms with E-state index in [2.05, 4.69) is 11.0 Å².